The minimum absolute atomic E-state index is 0.0536. The van der Waals surface area contributed by atoms with Crippen molar-refractivity contribution in [2.24, 2.45) is 0 Å². The molecule has 3 aromatic heterocycles. The molecule has 0 aliphatic heterocycles. The SMILES string of the molecule is O=c1[nH]c2cc(-n3ccnc3)ccc2n2c(=O)[nH]nc12. The van der Waals surface area contributed by atoms with E-state index in [4.69, 9.17) is 0 Å². The van der Waals surface area contributed by atoms with Gasteiger partial charge in [0.2, 0.25) is 5.65 Å². The Morgan fingerprint density at radius 2 is 2.10 bits per heavy atom. The lowest BCUT2D eigenvalue weighted by molar-refractivity contribution is 1.04. The van der Waals surface area contributed by atoms with Crippen molar-refractivity contribution in [2.75, 3.05) is 0 Å². The van der Waals surface area contributed by atoms with Crippen molar-refractivity contribution in [1.29, 1.82) is 0 Å². The van der Waals surface area contributed by atoms with E-state index >= 15 is 0 Å². The monoisotopic (exact) mass is 268 g/mol. The Hall–Kier alpha value is -3.16. The largest absolute Gasteiger partial charge is 0.348 e. The van der Waals surface area contributed by atoms with E-state index in [1.165, 1.54) is 4.40 Å². The maximum atomic E-state index is 11.9. The highest BCUT2D eigenvalue weighted by atomic mass is 16.2. The molecular weight excluding hydrogens is 260 g/mol. The van der Waals surface area contributed by atoms with E-state index in [1.54, 1.807) is 35.4 Å². The van der Waals surface area contributed by atoms with Crippen LogP contribution in [0.15, 0.2) is 46.5 Å². The summed E-state index contributed by atoms with van der Waals surface area (Å²) in [4.78, 5) is 30.3. The Morgan fingerprint density at radius 3 is 2.90 bits per heavy atom. The van der Waals surface area contributed by atoms with Crippen LogP contribution in [0.4, 0.5) is 0 Å². The molecule has 20 heavy (non-hydrogen) atoms. The average molecular weight is 268 g/mol. The molecule has 0 aliphatic carbocycles. The quantitative estimate of drug-likeness (QED) is 0.509. The zero-order valence-electron chi connectivity index (χ0n) is 10.1. The van der Waals surface area contributed by atoms with E-state index in [0.717, 1.165) is 5.69 Å². The van der Waals surface area contributed by atoms with E-state index < -0.39 is 11.2 Å². The standard InChI is InChI=1S/C12H8N6O2/c19-11-10-15-16-12(20)18(10)9-2-1-7(5-8(9)14-11)17-4-3-13-6-17/h1-6H,(H,14,19)(H,16,20). The Kier molecular flexibility index (Phi) is 1.97. The molecule has 98 valence electrons. The molecule has 0 radical (unpaired) electrons. The average Bonchev–Trinajstić information content (AvgIpc) is 3.08. The lowest BCUT2D eigenvalue weighted by Gasteiger charge is -2.05. The number of aromatic nitrogens is 6. The maximum Gasteiger partial charge on any atom is 0.348 e. The number of hydrogen-bond donors (Lipinski definition) is 2. The first-order valence-corrected chi connectivity index (χ1v) is 5.85. The summed E-state index contributed by atoms with van der Waals surface area (Å²) in [6.07, 6.45) is 5.11. The fourth-order valence-corrected chi connectivity index (χ4v) is 2.24. The van der Waals surface area contributed by atoms with Crippen LogP contribution in [-0.2, 0) is 0 Å². The Bertz CT molecular complexity index is 1040. The Labute approximate surface area is 110 Å². The first-order chi connectivity index (χ1) is 9.74. The number of nitrogens with zero attached hydrogens (tertiary/aromatic N) is 4. The second kappa shape index (κ2) is 3.67. The molecule has 8 nitrogen and oxygen atoms in total. The van der Waals surface area contributed by atoms with Gasteiger partial charge in [-0.3, -0.25) is 4.79 Å². The molecule has 0 spiro atoms. The number of aromatic amines is 2. The Balaban J connectivity index is 2.14. The molecule has 1 aromatic carbocycles. The van der Waals surface area contributed by atoms with Gasteiger partial charge in [-0.05, 0) is 18.2 Å². The van der Waals surface area contributed by atoms with Crippen molar-refractivity contribution in [1.82, 2.24) is 29.1 Å². The number of hydrogen-bond acceptors (Lipinski definition) is 4. The number of H-pyrrole nitrogens is 2. The highest BCUT2D eigenvalue weighted by Gasteiger charge is 2.10. The van der Waals surface area contributed by atoms with Crippen LogP contribution >= 0.6 is 0 Å². The zero-order chi connectivity index (χ0) is 13.7. The van der Waals surface area contributed by atoms with Crippen LogP contribution < -0.4 is 11.2 Å². The topological polar surface area (TPSA) is 101 Å². The molecule has 0 fully saturated rings. The Morgan fingerprint density at radius 1 is 1.20 bits per heavy atom. The van der Waals surface area contributed by atoms with E-state index in [2.05, 4.69) is 20.2 Å². The number of fused-ring (bicyclic) bond motifs is 3. The molecule has 0 saturated carbocycles. The van der Waals surface area contributed by atoms with Crippen LogP contribution in [0, 0.1) is 0 Å². The summed E-state index contributed by atoms with van der Waals surface area (Å²) < 4.78 is 3.06. The third-order valence-corrected chi connectivity index (χ3v) is 3.15. The van der Waals surface area contributed by atoms with Crippen molar-refractivity contribution >= 4 is 16.7 Å². The van der Waals surface area contributed by atoms with Crippen molar-refractivity contribution < 1.29 is 0 Å². The van der Waals surface area contributed by atoms with E-state index in [1.807, 2.05) is 6.07 Å². The molecular formula is C12H8N6O2. The number of rotatable bonds is 1. The van der Waals surface area contributed by atoms with Crippen LogP contribution in [0.25, 0.3) is 22.4 Å². The van der Waals surface area contributed by atoms with Crippen molar-refractivity contribution in [3.63, 3.8) is 0 Å². The van der Waals surface area contributed by atoms with Gasteiger partial charge in [-0.25, -0.2) is 19.3 Å². The van der Waals surface area contributed by atoms with Gasteiger partial charge < -0.3 is 9.55 Å². The fraction of sp³-hybridized carbons (Fsp3) is 0. The minimum Gasteiger partial charge on any atom is -0.317 e. The smallest absolute Gasteiger partial charge is 0.317 e. The van der Waals surface area contributed by atoms with Crippen LogP contribution in [0.2, 0.25) is 0 Å². The van der Waals surface area contributed by atoms with E-state index in [-0.39, 0.29) is 5.65 Å². The first-order valence-electron chi connectivity index (χ1n) is 5.85. The van der Waals surface area contributed by atoms with Gasteiger partial charge in [0.1, 0.15) is 0 Å². The van der Waals surface area contributed by atoms with Crippen LogP contribution in [0.1, 0.15) is 0 Å². The highest BCUT2D eigenvalue weighted by Crippen LogP contribution is 2.15. The lowest BCUT2D eigenvalue weighted by Crippen LogP contribution is -2.17. The molecule has 4 aromatic rings. The summed E-state index contributed by atoms with van der Waals surface area (Å²) in [6.45, 7) is 0. The molecule has 8 heteroatoms. The van der Waals surface area contributed by atoms with Gasteiger partial charge in [-0.1, -0.05) is 0 Å². The molecule has 0 saturated heterocycles. The van der Waals surface area contributed by atoms with Gasteiger partial charge in [0, 0.05) is 18.1 Å². The lowest BCUT2D eigenvalue weighted by atomic mass is 10.2. The molecule has 2 N–H and O–H groups in total. The molecule has 4 rings (SSSR count). The van der Waals surface area contributed by atoms with E-state index in [9.17, 15) is 9.59 Å². The molecule has 0 amide bonds. The maximum absolute atomic E-state index is 11.9. The summed E-state index contributed by atoms with van der Waals surface area (Å²) in [5.74, 6) is 0. The van der Waals surface area contributed by atoms with Gasteiger partial charge in [-0.15, -0.1) is 5.10 Å². The molecule has 3 heterocycles. The van der Waals surface area contributed by atoms with Crippen LogP contribution in [0.3, 0.4) is 0 Å². The molecule has 0 atom stereocenters. The summed E-state index contributed by atoms with van der Waals surface area (Å²) >= 11 is 0. The van der Waals surface area contributed by atoms with E-state index in [0.29, 0.717) is 11.0 Å². The third kappa shape index (κ3) is 1.35. The third-order valence-electron chi connectivity index (χ3n) is 3.15. The van der Waals surface area contributed by atoms with Gasteiger partial charge in [-0.2, -0.15) is 0 Å². The molecule has 0 unspecified atom stereocenters. The minimum atomic E-state index is -0.438. The van der Waals surface area contributed by atoms with Crippen molar-refractivity contribution in [3.05, 3.63) is 57.8 Å². The number of nitrogens with one attached hydrogen (secondary N) is 2. The summed E-state index contributed by atoms with van der Waals surface area (Å²) in [5, 5.41) is 5.98. The summed E-state index contributed by atoms with van der Waals surface area (Å²) in [7, 11) is 0. The first kappa shape index (κ1) is 10.7. The van der Waals surface area contributed by atoms with Crippen molar-refractivity contribution in [2.45, 2.75) is 0 Å². The summed E-state index contributed by atoms with van der Waals surface area (Å²) in [5.41, 5.74) is 1.17. The molecule has 0 aliphatic rings. The predicted octanol–water partition coefficient (Wildman–Crippen LogP) is 0.0498. The normalized spacial score (nSPS) is 11.4. The fourth-order valence-electron chi connectivity index (χ4n) is 2.24. The van der Waals surface area contributed by atoms with Gasteiger partial charge in [0.25, 0.3) is 5.56 Å². The van der Waals surface area contributed by atoms with Gasteiger partial charge >= 0.3 is 5.69 Å². The summed E-state index contributed by atoms with van der Waals surface area (Å²) in [6, 6.07) is 5.36. The van der Waals surface area contributed by atoms with Gasteiger partial charge in [0.15, 0.2) is 0 Å². The molecule has 0 bridgehead atoms. The van der Waals surface area contributed by atoms with Gasteiger partial charge in [0.05, 0.1) is 17.4 Å². The predicted molar refractivity (Wildman–Crippen MR) is 71.1 cm³/mol. The number of imidazole rings is 1. The second-order valence-corrected chi connectivity index (χ2v) is 4.31. The van der Waals surface area contributed by atoms with Crippen LogP contribution in [-0.4, -0.2) is 29.1 Å². The zero-order valence-corrected chi connectivity index (χ0v) is 10.1. The second-order valence-electron chi connectivity index (χ2n) is 4.31. The van der Waals surface area contributed by atoms with Crippen LogP contribution in [0.5, 0.6) is 0 Å². The number of benzene rings is 1. The highest BCUT2D eigenvalue weighted by molar-refractivity contribution is 5.79. The van der Waals surface area contributed by atoms with Crippen molar-refractivity contribution in [3.8, 4) is 5.69 Å².